The van der Waals surface area contributed by atoms with Crippen molar-refractivity contribution < 1.29 is 14.3 Å². The van der Waals surface area contributed by atoms with Gasteiger partial charge in [0.2, 0.25) is 0 Å². The summed E-state index contributed by atoms with van der Waals surface area (Å²) in [6.45, 7) is 4.30. The summed E-state index contributed by atoms with van der Waals surface area (Å²) in [5, 5.41) is 5.88. The summed E-state index contributed by atoms with van der Waals surface area (Å²) >= 11 is 0. The number of benzene rings is 1. The average Bonchev–Trinajstić information content (AvgIpc) is 2.44. The first-order chi connectivity index (χ1) is 9.06. The van der Waals surface area contributed by atoms with Crippen LogP contribution in [0.3, 0.4) is 0 Å². The summed E-state index contributed by atoms with van der Waals surface area (Å²) in [5.74, 6) is 1.27. The fourth-order valence-corrected chi connectivity index (χ4v) is 1.41. The van der Waals surface area contributed by atoms with Gasteiger partial charge in [0.05, 0.1) is 7.11 Å². The van der Waals surface area contributed by atoms with Gasteiger partial charge in [0.25, 0.3) is 5.91 Å². The second-order valence-corrected chi connectivity index (χ2v) is 4.37. The molecule has 2 unspecified atom stereocenters. The lowest BCUT2D eigenvalue weighted by Gasteiger charge is -2.17. The molecular weight excluding hydrogens is 280 g/mol. The molecule has 0 aromatic heterocycles. The zero-order valence-electron chi connectivity index (χ0n) is 12.3. The first kappa shape index (κ1) is 18.5. The lowest BCUT2D eigenvalue weighted by atomic mass is 10.3. The van der Waals surface area contributed by atoms with Crippen LogP contribution < -0.4 is 20.1 Å². The third-order valence-electron chi connectivity index (χ3n) is 2.82. The Morgan fingerprint density at radius 3 is 2.25 bits per heavy atom. The molecule has 1 rings (SSSR count). The largest absolute Gasteiger partial charge is 0.497 e. The number of carbonyl (C=O) groups is 1. The predicted octanol–water partition coefficient (Wildman–Crippen LogP) is 1.61. The van der Waals surface area contributed by atoms with Gasteiger partial charge in [-0.3, -0.25) is 4.79 Å². The van der Waals surface area contributed by atoms with Crippen molar-refractivity contribution in [2.45, 2.75) is 26.0 Å². The van der Waals surface area contributed by atoms with Crippen molar-refractivity contribution in [1.82, 2.24) is 10.6 Å². The SMILES string of the molecule is CNC(C)CNC(=O)C(C)Oc1ccc(OC)cc1.Cl. The van der Waals surface area contributed by atoms with Gasteiger partial charge in [0, 0.05) is 12.6 Å². The fraction of sp³-hybridized carbons (Fsp3) is 0.500. The van der Waals surface area contributed by atoms with Crippen LogP contribution in [0, 0.1) is 0 Å². The maximum atomic E-state index is 11.8. The van der Waals surface area contributed by atoms with Crippen molar-refractivity contribution in [2.75, 3.05) is 20.7 Å². The molecule has 20 heavy (non-hydrogen) atoms. The number of likely N-dealkylation sites (N-methyl/N-ethyl adjacent to an activating group) is 1. The minimum Gasteiger partial charge on any atom is -0.497 e. The second kappa shape index (κ2) is 9.44. The van der Waals surface area contributed by atoms with Crippen LogP contribution in [0.25, 0.3) is 0 Å². The molecule has 1 amide bonds. The lowest BCUT2D eigenvalue weighted by molar-refractivity contribution is -0.127. The molecule has 114 valence electrons. The van der Waals surface area contributed by atoms with E-state index in [1.807, 2.05) is 14.0 Å². The van der Waals surface area contributed by atoms with E-state index in [2.05, 4.69) is 10.6 Å². The molecule has 1 aromatic rings. The summed E-state index contributed by atoms with van der Waals surface area (Å²) in [5.41, 5.74) is 0. The van der Waals surface area contributed by atoms with Gasteiger partial charge in [-0.2, -0.15) is 0 Å². The smallest absolute Gasteiger partial charge is 0.260 e. The number of carbonyl (C=O) groups excluding carboxylic acids is 1. The summed E-state index contributed by atoms with van der Waals surface area (Å²) in [6.07, 6.45) is -0.530. The normalized spacial score (nSPS) is 12.8. The number of hydrogen-bond acceptors (Lipinski definition) is 4. The standard InChI is InChI=1S/C14H22N2O3.ClH/c1-10(15-3)9-16-14(17)11(2)19-13-7-5-12(18-4)6-8-13;/h5-8,10-11,15H,9H2,1-4H3,(H,16,17);1H. The van der Waals surface area contributed by atoms with E-state index in [4.69, 9.17) is 9.47 Å². The summed E-state index contributed by atoms with van der Waals surface area (Å²) < 4.78 is 10.6. The highest BCUT2D eigenvalue weighted by Crippen LogP contribution is 2.18. The molecular formula is C14H23ClN2O3. The first-order valence-corrected chi connectivity index (χ1v) is 6.32. The predicted molar refractivity (Wildman–Crippen MR) is 81.9 cm³/mol. The molecule has 0 spiro atoms. The molecule has 0 aliphatic heterocycles. The molecule has 0 fully saturated rings. The minimum absolute atomic E-state index is 0. The van der Waals surface area contributed by atoms with Crippen molar-refractivity contribution >= 4 is 18.3 Å². The second-order valence-electron chi connectivity index (χ2n) is 4.37. The molecule has 5 nitrogen and oxygen atoms in total. The average molecular weight is 303 g/mol. The van der Waals surface area contributed by atoms with E-state index < -0.39 is 6.10 Å². The van der Waals surface area contributed by atoms with Crippen LogP contribution in [0.5, 0.6) is 11.5 Å². The molecule has 2 N–H and O–H groups in total. The highest BCUT2D eigenvalue weighted by molar-refractivity contribution is 5.85. The molecule has 0 aliphatic rings. The van der Waals surface area contributed by atoms with E-state index in [-0.39, 0.29) is 24.4 Å². The van der Waals surface area contributed by atoms with E-state index >= 15 is 0 Å². The maximum Gasteiger partial charge on any atom is 0.260 e. The van der Waals surface area contributed by atoms with Crippen LogP contribution in [-0.4, -0.2) is 38.8 Å². The third-order valence-corrected chi connectivity index (χ3v) is 2.82. The van der Waals surface area contributed by atoms with Crippen molar-refractivity contribution in [1.29, 1.82) is 0 Å². The fourth-order valence-electron chi connectivity index (χ4n) is 1.41. The molecule has 0 saturated carbocycles. The van der Waals surface area contributed by atoms with Crippen molar-refractivity contribution in [2.24, 2.45) is 0 Å². The molecule has 6 heteroatoms. The summed E-state index contributed by atoms with van der Waals surface area (Å²) in [4.78, 5) is 11.8. The van der Waals surface area contributed by atoms with Gasteiger partial charge >= 0.3 is 0 Å². The highest BCUT2D eigenvalue weighted by atomic mass is 35.5. The maximum absolute atomic E-state index is 11.8. The Bertz CT molecular complexity index is 398. The first-order valence-electron chi connectivity index (χ1n) is 6.32. The Morgan fingerprint density at radius 2 is 1.75 bits per heavy atom. The van der Waals surface area contributed by atoms with Crippen LogP contribution in [0.4, 0.5) is 0 Å². The summed E-state index contributed by atoms with van der Waals surface area (Å²) in [7, 11) is 3.46. The monoisotopic (exact) mass is 302 g/mol. The van der Waals surface area contributed by atoms with Crippen LogP contribution in [0.1, 0.15) is 13.8 Å². The minimum atomic E-state index is -0.530. The zero-order valence-corrected chi connectivity index (χ0v) is 13.1. The van der Waals surface area contributed by atoms with Crippen molar-refractivity contribution in [3.05, 3.63) is 24.3 Å². The summed E-state index contributed by atoms with van der Waals surface area (Å²) in [6, 6.07) is 7.38. The van der Waals surface area contributed by atoms with Crippen molar-refractivity contribution in [3.63, 3.8) is 0 Å². The van der Waals surface area contributed by atoms with Crippen LogP contribution in [-0.2, 0) is 4.79 Å². The number of methoxy groups -OCH3 is 1. The van der Waals surface area contributed by atoms with Gasteiger partial charge in [-0.15, -0.1) is 12.4 Å². The van der Waals surface area contributed by atoms with Crippen molar-refractivity contribution in [3.8, 4) is 11.5 Å². The van der Waals surface area contributed by atoms with E-state index in [9.17, 15) is 4.79 Å². The van der Waals surface area contributed by atoms with Gasteiger partial charge in [0.15, 0.2) is 6.10 Å². The number of amides is 1. The molecule has 2 atom stereocenters. The number of hydrogen-bond donors (Lipinski definition) is 2. The Labute approximate surface area is 126 Å². The molecule has 0 saturated heterocycles. The van der Waals surface area contributed by atoms with Gasteiger partial charge in [0.1, 0.15) is 11.5 Å². The molecule has 0 radical (unpaired) electrons. The zero-order chi connectivity index (χ0) is 14.3. The highest BCUT2D eigenvalue weighted by Gasteiger charge is 2.14. The van der Waals surface area contributed by atoms with Gasteiger partial charge < -0.3 is 20.1 Å². The molecule has 1 aromatic carbocycles. The van der Waals surface area contributed by atoms with Crippen LogP contribution in [0.2, 0.25) is 0 Å². The number of rotatable bonds is 7. The number of halogens is 1. The van der Waals surface area contributed by atoms with Crippen LogP contribution in [0.15, 0.2) is 24.3 Å². The molecule has 0 heterocycles. The quantitative estimate of drug-likeness (QED) is 0.803. The van der Waals surface area contributed by atoms with E-state index in [1.165, 1.54) is 0 Å². The molecule has 0 aliphatic carbocycles. The lowest BCUT2D eigenvalue weighted by Crippen LogP contribution is -2.42. The van der Waals surface area contributed by atoms with E-state index in [0.29, 0.717) is 12.3 Å². The van der Waals surface area contributed by atoms with Gasteiger partial charge in [-0.05, 0) is 45.2 Å². The topological polar surface area (TPSA) is 59.6 Å². The Balaban J connectivity index is 0.00000361. The van der Waals surface area contributed by atoms with Crippen LogP contribution >= 0.6 is 12.4 Å². The number of nitrogens with one attached hydrogen (secondary N) is 2. The van der Waals surface area contributed by atoms with E-state index in [1.54, 1.807) is 38.3 Å². The third kappa shape index (κ3) is 6.12. The van der Waals surface area contributed by atoms with Gasteiger partial charge in [-0.1, -0.05) is 0 Å². The van der Waals surface area contributed by atoms with Gasteiger partial charge in [-0.25, -0.2) is 0 Å². The molecule has 0 bridgehead atoms. The Kier molecular flexibility index (Phi) is 8.76. The Morgan fingerprint density at radius 1 is 1.20 bits per heavy atom. The van der Waals surface area contributed by atoms with E-state index in [0.717, 1.165) is 5.75 Å². The number of ether oxygens (including phenoxy) is 2. The Hall–Kier alpha value is -1.46.